The molecule has 2 unspecified atom stereocenters. The molecule has 0 aliphatic rings. The molecule has 0 radical (unpaired) electrons. The minimum absolute atomic E-state index is 0.0271. The summed E-state index contributed by atoms with van der Waals surface area (Å²) in [6.07, 6.45) is 56.8. The topological polar surface area (TPSA) is 102 Å². The van der Waals surface area contributed by atoms with E-state index in [1.165, 1.54) is 109 Å². The molecule has 63 heavy (non-hydrogen) atoms. The highest BCUT2D eigenvalue weighted by Gasteiger charge is 2.25. The molecule has 0 aromatic rings. The fourth-order valence-electron chi connectivity index (χ4n) is 7.45. The molecule has 0 amide bonds. The van der Waals surface area contributed by atoms with Crippen LogP contribution in [0.1, 0.15) is 219 Å². The van der Waals surface area contributed by atoms with Crippen LogP contribution in [0.2, 0.25) is 0 Å². The first-order valence-electron chi connectivity index (χ1n) is 25.8. The number of ether oxygens (including phenoxy) is 3. The Kier molecular flexibility index (Phi) is 43.4. The van der Waals surface area contributed by atoms with Crippen molar-refractivity contribution in [1.29, 1.82) is 0 Å². The van der Waals surface area contributed by atoms with E-state index in [0.717, 1.165) is 70.6 Å². The first-order valence-corrected chi connectivity index (χ1v) is 25.8. The molecule has 364 valence electrons. The second-order valence-electron chi connectivity index (χ2n) is 18.4. The number of carboxylic acids is 1. The zero-order valence-electron chi connectivity index (χ0n) is 41.5. The van der Waals surface area contributed by atoms with Gasteiger partial charge in [-0.2, -0.15) is 0 Å². The van der Waals surface area contributed by atoms with Crippen molar-refractivity contribution in [3.63, 3.8) is 0 Å². The number of carbonyl (C=O) groups is 3. The van der Waals surface area contributed by atoms with Gasteiger partial charge in [-0.1, -0.05) is 203 Å². The summed E-state index contributed by atoms with van der Waals surface area (Å²) in [6, 6.07) is -0.734. The highest BCUT2D eigenvalue weighted by Crippen LogP contribution is 2.16. The molecule has 0 spiro atoms. The molecule has 0 fully saturated rings. The number of quaternary nitrogens is 1. The van der Waals surface area contributed by atoms with E-state index in [0.29, 0.717) is 12.8 Å². The highest BCUT2D eigenvalue weighted by molar-refractivity contribution is 5.70. The van der Waals surface area contributed by atoms with Crippen LogP contribution in [0.25, 0.3) is 0 Å². The number of carbonyl (C=O) groups excluding carboxylic acids is 3. The van der Waals surface area contributed by atoms with Crippen molar-refractivity contribution in [2.24, 2.45) is 0 Å². The zero-order valence-corrected chi connectivity index (χ0v) is 41.5. The second-order valence-corrected chi connectivity index (χ2v) is 18.4. The van der Waals surface area contributed by atoms with Crippen LogP contribution in [0.5, 0.6) is 0 Å². The summed E-state index contributed by atoms with van der Waals surface area (Å²) in [4.78, 5) is 37.0. The number of likely N-dealkylation sites (N-methyl/N-ethyl adjacent to an activating group) is 1. The van der Waals surface area contributed by atoms with Gasteiger partial charge in [-0.05, 0) is 57.8 Å². The number of rotatable bonds is 46. The molecule has 0 N–H and O–H groups in total. The van der Waals surface area contributed by atoms with E-state index in [9.17, 15) is 19.5 Å². The summed E-state index contributed by atoms with van der Waals surface area (Å²) < 4.78 is 17.2. The summed E-state index contributed by atoms with van der Waals surface area (Å²) in [7, 11) is 5.40. The molecule has 2 atom stereocenters. The molecule has 0 bridgehead atoms. The predicted molar refractivity (Wildman–Crippen MR) is 263 cm³/mol. The number of unbranched alkanes of at least 4 members (excludes halogenated alkanes) is 22. The van der Waals surface area contributed by atoms with Crippen molar-refractivity contribution < 1.29 is 38.2 Å². The first kappa shape index (κ1) is 60.0. The lowest BCUT2D eigenvalue weighted by Crippen LogP contribution is -2.55. The number of allylic oxidation sites excluding steroid dienone is 10. The van der Waals surface area contributed by atoms with E-state index in [2.05, 4.69) is 74.6 Å². The minimum atomic E-state index is -1.13. The van der Waals surface area contributed by atoms with Crippen molar-refractivity contribution in [3.8, 4) is 0 Å². The smallest absolute Gasteiger partial charge is 0.306 e. The summed E-state index contributed by atoms with van der Waals surface area (Å²) in [5, 5.41) is 11.7. The van der Waals surface area contributed by atoms with Gasteiger partial charge in [0.25, 0.3) is 0 Å². The van der Waals surface area contributed by atoms with Crippen LogP contribution < -0.4 is 5.11 Å². The third-order valence-corrected chi connectivity index (χ3v) is 11.4. The van der Waals surface area contributed by atoms with Crippen molar-refractivity contribution in [2.75, 3.05) is 41.0 Å². The van der Waals surface area contributed by atoms with Gasteiger partial charge in [-0.25, -0.2) is 0 Å². The molecule has 0 aromatic carbocycles. The molecule has 0 aromatic heterocycles. The van der Waals surface area contributed by atoms with Gasteiger partial charge in [-0.15, -0.1) is 0 Å². The number of nitrogens with zero attached hydrogens (tertiary/aromatic N) is 1. The van der Waals surface area contributed by atoms with Gasteiger partial charge in [-0.3, -0.25) is 9.59 Å². The molecule has 0 aliphatic heterocycles. The summed E-state index contributed by atoms with van der Waals surface area (Å²) in [5.74, 6) is -1.77. The van der Waals surface area contributed by atoms with Crippen LogP contribution in [-0.2, 0) is 28.6 Å². The van der Waals surface area contributed by atoms with E-state index in [-0.39, 0.29) is 49.1 Å². The molecular weight excluding hydrogens is 787 g/mol. The lowest BCUT2D eigenvalue weighted by molar-refractivity contribution is -0.889. The van der Waals surface area contributed by atoms with Gasteiger partial charge in [0.2, 0.25) is 0 Å². The van der Waals surface area contributed by atoms with Gasteiger partial charge in [0, 0.05) is 19.3 Å². The molecule has 8 nitrogen and oxygen atoms in total. The molecule has 0 saturated heterocycles. The molecule has 8 heteroatoms. The number of carboxylic acid groups (broad SMARTS) is 1. The molecule has 0 aliphatic carbocycles. The average molecular weight is 884 g/mol. The van der Waals surface area contributed by atoms with Crippen LogP contribution in [0, 0.1) is 0 Å². The Morgan fingerprint density at radius 3 is 1.32 bits per heavy atom. The molecule has 0 saturated carbocycles. The standard InChI is InChI=1S/C55H97NO7/c1-6-8-10-12-14-16-18-20-22-24-26-28-29-31-33-35-37-39-41-43-45-53(57)62-50-51(49-61-48-47-52(55(59)60)56(3,4)5)63-54(58)46-44-42-40-38-36-34-32-30-27-25-23-21-19-17-15-13-11-9-7-2/h9,11,15,17,21,23,27,30,34,36,51-52H,6-8,10,12-14,16,18-20,22,24-26,28-29,31-33,35,37-50H2,1-5H3/b11-9-,17-15-,23-21-,30-27-,36-34-. The van der Waals surface area contributed by atoms with Crippen LogP contribution in [0.4, 0.5) is 0 Å². The second kappa shape index (κ2) is 45.6. The summed E-state index contributed by atoms with van der Waals surface area (Å²) >= 11 is 0. The minimum Gasteiger partial charge on any atom is -0.544 e. The third kappa shape index (κ3) is 44.0. The predicted octanol–water partition coefficient (Wildman–Crippen LogP) is 13.6. The molecular formula is C55H97NO7. The lowest BCUT2D eigenvalue weighted by Gasteiger charge is -2.34. The largest absolute Gasteiger partial charge is 0.544 e. The van der Waals surface area contributed by atoms with Gasteiger partial charge >= 0.3 is 11.9 Å². The fraction of sp³-hybridized carbons (Fsp3) is 0.764. The van der Waals surface area contributed by atoms with E-state index in [4.69, 9.17) is 14.2 Å². The SMILES string of the molecule is CC/C=C\C/C=C\C/C=C\C/C=C\C/C=C\CCCCCC(=O)OC(COCCC(C(=O)[O-])[N+](C)(C)C)COC(=O)CCCCCCCCCCCCCCCCCCCCCC. The zero-order chi connectivity index (χ0) is 46.3. The van der Waals surface area contributed by atoms with Gasteiger partial charge in [0.15, 0.2) is 6.10 Å². The first-order chi connectivity index (χ1) is 30.6. The highest BCUT2D eigenvalue weighted by atomic mass is 16.6. The number of hydrogen-bond donors (Lipinski definition) is 0. The van der Waals surface area contributed by atoms with Crippen molar-refractivity contribution in [1.82, 2.24) is 0 Å². The van der Waals surface area contributed by atoms with Crippen LogP contribution >= 0.6 is 0 Å². The number of hydrogen-bond acceptors (Lipinski definition) is 7. The summed E-state index contributed by atoms with van der Waals surface area (Å²) in [6.45, 7) is 4.54. The van der Waals surface area contributed by atoms with E-state index in [1.807, 2.05) is 0 Å². The lowest BCUT2D eigenvalue weighted by atomic mass is 10.0. The van der Waals surface area contributed by atoms with Crippen molar-refractivity contribution in [3.05, 3.63) is 60.8 Å². The maximum Gasteiger partial charge on any atom is 0.306 e. The third-order valence-electron chi connectivity index (χ3n) is 11.4. The van der Waals surface area contributed by atoms with Crippen molar-refractivity contribution in [2.45, 2.75) is 231 Å². The number of esters is 2. The molecule has 0 heterocycles. The quantitative estimate of drug-likeness (QED) is 0.0260. The maximum atomic E-state index is 12.8. The number of aliphatic carboxylic acids is 1. The fourth-order valence-corrected chi connectivity index (χ4v) is 7.45. The summed E-state index contributed by atoms with van der Waals surface area (Å²) in [5.41, 5.74) is 0. The van der Waals surface area contributed by atoms with E-state index < -0.39 is 18.1 Å². The Labute approximate surface area is 388 Å². The van der Waals surface area contributed by atoms with Crippen LogP contribution in [0.3, 0.4) is 0 Å². The van der Waals surface area contributed by atoms with Crippen molar-refractivity contribution >= 4 is 17.9 Å². The Hall–Kier alpha value is -2.97. The Bertz CT molecular complexity index is 1210. The van der Waals surface area contributed by atoms with Gasteiger partial charge < -0.3 is 28.6 Å². The normalized spacial score (nSPS) is 13.3. The Balaban J connectivity index is 4.29. The monoisotopic (exact) mass is 884 g/mol. The van der Waals surface area contributed by atoms with Crippen LogP contribution in [-0.4, -0.2) is 75.5 Å². The average Bonchev–Trinajstić information content (AvgIpc) is 3.24. The van der Waals surface area contributed by atoms with Gasteiger partial charge in [0.1, 0.15) is 12.6 Å². The van der Waals surface area contributed by atoms with E-state index >= 15 is 0 Å². The van der Waals surface area contributed by atoms with Crippen LogP contribution in [0.15, 0.2) is 60.8 Å². The Morgan fingerprint density at radius 2 is 0.889 bits per heavy atom. The van der Waals surface area contributed by atoms with E-state index in [1.54, 1.807) is 21.1 Å². The van der Waals surface area contributed by atoms with Gasteiger partial charge in [0.05, 0.1) is 40.3 Å². The molecule has 0 rings (SSSR count). The maximum absolute atomic E-state index is 12.8. The Morgan fingerprint density at radius 1 is 0.492 bits per heavy atom.